The number of piperidine rings is 1. The van der Waals surface area contributed by atoms with E-state index in [0.29, 0.717) is 31.1 Å². The zero-order valence-corrected chi connectivity index (χ0v) is 26.4. The van der Waals surface area contributed by atoms with Crippen molar-refractivity contribution in [3.63, 3.8) is 0 Å². The molecule has 1 saturated heterocycles. The minimum absolute atomic E-state index is 0.0841. The van der Waals surface area contributed by atoms with Gasteiger partial charge in [0.1, 0.15) is 17.1 Å². The van der Waals surface area contributed by atoms with Crippen LogP contribution in [-0.2, 0) is 9.53 Å². The molecule has 9 heteroatoms. The Balaban J connectivity index is 1.60. The fourth-order valence-corrected chi connectivity index (χ4v) is 6.81. The van der Waals surface area contributed by atoms with Crippen molar-refractivity contribution < 1.29 is 28.9 Å². The van der Waals surface area contributed by atoms with Gasteiger partial charge in [0, 0.05) is 30.6 Å². The summed E-state index contributed by atoms with van der Waals surface area (Å²) in [5, 5.41) is 13.4. The molecule has 0 bridgehead atoms. The Kier molecular flexibility index (Phi) is 10.6. The number of aliphatic carboxylic acids is 1. The van der Waals surface area contributed by atoms with Crippen LogP contribution in [0.1, 0.15) is 51.6 Å². The number of carbonyl (C=O) groups excluding carboxylic acids is 1. The van der Waals surface area contributed by atoms with Crippen molar-refractivity contribution in [2.45, 2.75) is 61.3 Å². The second-order valence-electron chi connectivity index (χ2n) is 11.8. The molecule has 1 aliphatic rings. The van der Waals surface area contributed by atoms with Crippen LogP contribution in [0.25, 0.3) is 11.1 Å². The van der Waals surface area contributed by atoms with Gasteiger partial charge in [-0.15, -0.1) is 11.8 Å². The number of nitrogens with one attached hydrogen (secondary N) is 1. The summed E-state index contributed by atoms with van der Waals surface area (Å²) >= 11 is 1.73. The standard InChI is InChI=1S/C34H42N2O6S/c1-33(2,3)42-32(39)36-20-10-19-34(23-36,43-26-11-7-6-8-12-26)22-35-27(21-30(37)38)24-15-17-25(18-16-24)31-28(40-4)13-9-14-29(31)41-5/h6-9,11-18,27,35H,10,19-23H2,1-5H3,(H,37,38)/t27-,34?/m1/s1. The van der Waals surface area contributed by atoms with Crippen molar-refractivity contribution in [1.82, 2.24) is 10.2 Å². The van der Waals surface area contributed by atoms with Crippen LogP contribution in [0, 0.1) is 0 Å². The number of benzene rings is 3. The van der Waals surface area contributed by atoms with Crippen LogP contribution in [0.2, 0.25) is 0 Å². The SMILES string of the molecule is COc1cccc(OC)c1-c1ccc([C@@H](CC(=O)O)NCC2(Sc3ccccc3)CCCN(C(=O)OC(C)(C)C)C2)cc1. The molecule has 1 amide bonds. The second kappa shape index (κ2) is 14.2. The molecule has 4 rings (SSSR count). The fourth-order valence-electron chi connectivity index (χ4n) is 5.39. The predicted octanol–water partition coefficient (Wildman–Crippen LogP) is 7.04. The molecule has 2 atom stereocenters. The minimum atomic E-state index is -0.892. The van der Waals surface area contributed by atoms with E-state index in [9.17, 15) is 14.7 Å². The topological polar surface area (TPSA) is 97.3 Å². The molecule has 8 nitrogen and oxygen atoms in total. The number of nitrogens with zero attached hydrogens (tertiary/aromatic N) is 1. The number of carboxylic acids is 1. The van der Waals surface area contributed by atoms with E-state index >= 15 is 0 Å². The maximum atomic E-state index is 13.1. The number of ether oxygens (including phenoxy) is 3. The third kappa shape index (κ3) is 8.67. The number of carboxylic acid groups (broad SMARTS) is 1. The van der Waals surface area contributed by atoms with E-state index < -0.39 is 17.6 Å². The predicted molar refractivity (Wildman–Crippen MR) is 170 cm³/mol. The van der Waals surface area contributed by atoms with Crippen LogP contribution >= 0.6 is 11.8 Å². The Morgan fingerprint density at radius 3 is 2.21 bits per heavy atom. The van der Waals surface area contributed by atoms with Gasteiger partial charge in [-0.2, -0.15) is 0 Å². The van der Waals surface area contributed by atoms with Crippen LogP contribution < -0.4 is 14.8 Å². The smallest absolute Gasteiger partial charge is 0.410 e. The highest BCUT2D eigenvalue weighted by Gasteiger charge is 2.40. The van der Waals surface area contributed by atoms with Gasteiger partial charge < -0.3 is 29.5 Å². The summed E-state index contributed by atoms with van der Waals surface area (Å²) in [6.45, 7) is 7.22. The van der Waals surface area contributed by atoms with E-state index in [1.807, 2.05) is 81.4 Å². The fraction of sp³-hybridized carbons (Fsp3) is 0.412. The molecular weight excluding hydrogens is 564 g/mol. The normalized spacial score (nSPS) is 17.7. The number of hydrogen-bond donors (Lipinski definition) is 2. The summed E-state index contributed by atoms with van der Waals surface area (Å²) in [4.78, 5) is 27.9. The average Bonchev–Trinajstić information content (AvgIpc) is 2.98. The van der Waals surface area contributed by atoms with Crippen molar-refractivity contribution in [1.29, 1.82) is 0 Å². The molecule has 1 aliphatic heterocycles. The Morgan fingerprint density at radius 2 is 1.63 bits per heavy atom. The first-order valence-corrected chi connectivity index (χ1v) is 15.3. The minimum Gasteiger partial charge on any atom is -0.496 e. The van der Waals surface area contributed by atoms with Gasteiger partial charge in [0.2, 0.25) is 0 Å². The maximum absolute atomic E-state index is 13.1. The first-order chi connectivity index (χ1) is 20.5. The molecule has 3 aromatic rings. The van der Waals surface area contributed by atoms with Crippen LogP contribution in [0.15, 0.2) is 77.7 Å². The lowest BCUT2D eigenvalue weighted by Gasteiger charge is -2.43. The highest BCUT2D eigenvalue weighted by atomic mass is 32.2. The van der Waals surface area contributed by atoms with Gasteiger partial charge >= 0.3 is 12.1 Å². The van der Waals surface area contributed by atoms with E-state index in [2.05, 4.69) is 17.4 Å². The van der Waals surface area contributed by atoms with E-state index in [0.717, 1.165) is 34.4 Å². The number of likely N-dealkylation sites (tertiary alicyclic amines) is 1. The molecule has 1 fully saturated rings. The van der Waals surface area contributed by atoms with E-state index in [1.165, 1.54) is 0 Å². The molecule has 1 unspecified atom stereocenters. The number of rotatable bonds is 11. The number of carbonyl (C=O) groups is 2. The van der Waals surface area contributed by atoms with Crippen LogP contribution in [0.5, 0.6) is 11.5 Å². The molecule has 0 aromatic heterocycles. The van der Waals surface area contributed by atoms with Crippen molar-refractivity contribution in [2.75, 3.05) is 33.9 Å². The number of hydrogen-bond acceptors (Lipinski definition) is 7. The molecule has 0 spiro atoms. The summed E-state index contributed by atoms with van der Waals surface area (Å²) in [7, 11) is 3.25. The first kappa shape index (κ1) is 32.2. The summed E-state index contributed by atoms with van der Waals surface area (Å²) in [6, 6.07) is 23.2. The quantitative estimate of drug-likeness (QED) is 0.240. The molecule has 0 saturated carbocycles. The third-order valence-corrected chi connectivity index (χ3v) is 8.77. The molecule has 0 aliphatic carbocycles. The molecule has 1 heterocycles. The lowest BCUT2D eigenvalue weighted by atomic mass is 9.94. The van der Waals surface area contributed by atoms with E-state index in [1.54, 1.807) is 30.9 Å². The molecule has 0 radical (unpaired) electrons. The first-order valence-electron chi connectivity index (χ1n) is 14.5. The summed E-state index contributed by atoms with van der Waals surface area (Å²) in [5.74, 6) is 0.495. The molecular formula is C34H42N2O6S. The zero-order chi connectivity index (χ0) is 31.0. The Labute approximate surface area is 258 Å². The van der Waals surface area contributed by atoms with Gasteiger partial charge in [-0.05, 0) is 69.0 Å². The summed E-state index contributed by atoms with van der Waals surface area (Å²) < 4.78 is 16.5. The number of thioether (sulfide) groups is 1. The van der Waals surface area contributed by atoms with Gasteiger partial charge in [-0.25, -0.2) is 4.79 Å². The van der Waals surface area contributed by atoms with Gasteiger partial charge in [0.15, 0.2) is 0 Å². The highest BCUT2D eigenvalue weighted by Crippen LogP contribution is 2.41. The van der Waals surface area contributed by atoms with Crippen molar-refractivity contribution in [3.05, 3.63) is 78.4 Å². The molecule has 2 N–H and O–H groups in total. The maximum Gasteiger partial charge on any atom is 0.410 e. The Morgan fingerprint density at radius 1 is 0.977 bits per heavy atom. The monoisotopic (exact) mass is 606 g/mol. The Hall–Kier alpha value is -3.69. The van der Waals surface area contributed by atoms with Crippen LogP contribution in [-0.4, -0.2) is 66.3 Å². The zero-order valence-electron chi connectivity index (χ0n) is 25.6. The lowest BCUT2D eigenvalue weighted by molar-refractivity contribution is -0.137. The number of amides is 1. The van der Waals surface area contributed by atoms with Gasteiger partial charge in [-0.1, -0.05) is 48.5 Å². The van der Waals surface area contributed by atoms with Gasteiger partial charge in [0.25, 0.3) is 0 Å². The van der Waals surface area contributed by atoms with Crippen molar-refractivity contribution in [2.24, 2.45) is 0 Å². The van der Waals surface area contributed by atoms with Crippen molar-refractivity contribution in [3.8, 4) is 22.6 Å². The molecule has 43 heavy (non-hydrogen) atoms. The van der Waals surface area contributed by atoms with Crippen LogP contribution in [0.4, 0.5) is 4.79 Å². The van der Waals surface area contributed by atoms with Gasteiger partial charge in [0.05, 0.1) is 31.0 Å². The van der Waals surface area contributed by atoms with Gasteiger partial charge in [-0.3, -0.25) is 4.79 Å². The average molecular weight is 607 g/mol. The highest BCUT2D eigenvalue weighted by molar-refractivity contribution is 8.00. The second-order valence-corrected chi connectivity index (χ2v) is 13.3. The van der Waals surface area contributed by atoms with Crippen molar-refractivity contribution >= 4 is 23.8 Å². The van der Waals surface area contributed by atoms with E-state index in [-0.39, 0.29) is 17.3 Å². The van der Waals surface area contributed by atoms with Crippen LogP contribution in [0.3, 0.4) is 0 Å². The third-order valence-electron chi connectivity index (χ3n) is 7.35. The summed E-state index contributed by atoms with van der Waals surface area (Å²) in [5.41, 5.74) is 2.02. The molecule has 3 aromatic carbocycles. The van der Waals surface area contributed by atoms with E-state index in [4.69, 9.17) is 14.2 Å². The lowest BCUT2D eigenvalue weighted by Crippen LogP contribution is -2.54. The molecule has 230 valence electrons. The number of methoxy groups -OCH3 is 2. The largest absolute Gasteiger partial charge is 0.496 e. The Bertz CT molecular complexity index is 1350. The summed E-state index contributed by atoms with van der Waals surface area (Å²) in [6.07, 6.45) is 1.28.